The molecule has 0 aromatic heterocycles. The minimum absolute atomic E-state index is 0.0663. The molecular weight excluding hydrogens is 364 g/mol. The highest BCUT2D eigenvalue weighted by Crippen LogP contribution is 2.22. The number of benzene rings is 1. The van der Waals surface area contributed by atoms with Gasteiger partial charge in [0, 0.05) is 31.2 Å². The van der Waals surface area contributed by atoms with Crippen LogP contribution in [0.4, 0.5) is 0 Å². The van der Waals surface area contributed by atoms with Crippen LogP contribution in [0.25, 0.3) is 0 Å². The lowest BCUT2D eigenvalue weighted by Gasteiger charge is -2.36. The van der Waals surface area contributed by atoms with Crippen LogP contribution >= 0.6 is 0 Å². The van der Waals surface area contributed by atoms with Crippen molar-refractivity contribution in [3.8, 4) is 5.75 Å². The van der Waals surface area contributed by atoms with Gasteiger partial charge in [-0.2, -0.15) is 0 Å². The zero-order valence-electron chi connectivity index (χ0n) is 16.0. The van der Waals surface area contributed by atoms with Crippen LogP contribution in [0.15, 0.2) is 24.3 Å². The molecule has 3 atom stereocenters. The Bertz CT molecular complexity index is 689. The number of piperidine rings is 1. The first kappa shape index (κ1) is 20.6. The third-order valence-corrected chi connectivity index (χ3v) is 5.53. The lowest BCUT2D eigenvalue weighted by atomic mass is 9.93. The first-order valence-electron chi connectivity index (χ1n) is 9.67. The van der Waals surface area contributed by atoms with Crippen LogP contribution in [-0.2, 0) is 9.53 Å². The summed E-state index contributed by atoms with van der Waals surface area (Å²) in [7, 11) is 1.56. The van der Waals surface area contributed by atoms with Crippen LogP contribution in [-0.4, -0.2) is 78.6 Å². The number of hydrogen-bond donors (Lipinski definition) is 3. The second-order valence-corrected chi connectivity index (χ2v) is 7.28. The van der Waals surface area contributed by atoms with Gasteiger partial charge in [-0.3, -0.25) is 9.59 Å². The van der Waals surface area contributed by atoms with Crippen molar-refractivity contribution in [3.63, 3.8) is 0 Å². The monoisotopic (exact) mass is 392 g/mol. The molecule has 0 radical (unpaired) electrons. The molecule has 1 aromatic rings. The average Bonchev–Trinajstić information content (AvgIpc) is 2.74. The molecule has 0 aliphatic carbocycles. The van der Waals surface area contributed by atoms with Gasteiger partial charge in [-0.25, -0.2) is 0 Å². The van der Waals surface area contributed by atoms with Crippen LogP contribution in [0.5, 0.6) is 5.75 Å². The molecule has 0 spiro atoms. The van der Waals surface area contributed by atoms with Crippen LogP contribution in [0.3, 0.4) is 0 Å². The van der Waals surface area contributed by atoms with Gasteiger partial charge in [0.15, 0.2) is 0 Å². The number of methoxy groups -OCH3 is 1. The summed E-state index contributed by atoms with van der Waals surface area (Å²) in [5.41, 5.74) is 0.572. The highest BCUT2D eigenvalue weighted by Gasteiger charge is 2.35. The van der Waals surface area contributed by atoms with Crippen LogP contribution in [0.2, 0.25) is 0 Å². The molecule has 28 heavy (non-hydrogen) atoms. The van der Waals surface area contributed by atoms with Gasteiger partial charge < -0.3 is 29.9 Å². The van der Waals surface area contributed by atoms with Crippen LogP contribution < -0.4 is 10.1 Å². The summed E-state index contributed by atoms with van der Waals surface area (Å²) in [6, 6.07) is 6.62. The molecule has 3 N–H and O–H groups in total. The Morgan fingerprint density at radius 2 is 2.04 bits per heavy atom. The van der Waals surface area contributed by atoms with E-state index in [-0.39, 0.29) is 24.3 Å². The van der Waals surface area contributed by atoms with Gasteiger partial charge in [-0.1, -0.05) is 6.07 Å². The molecule has 1 aromatic carbocycles. The Kier molecular flexibility index (Phi) is 6.88. The molecule has 2 saturated heterocycles. The predicted molar refractivity (Wildman–Crippen MR) is 101 cm³/mol. The van der Waals surface area contributed by atoms with E-state index in [1.807, 2.05) is 0 Å². The largest absolute Gasteiger partial charge is 0.497 e. The number of nitrogens with one attached hydrogen (secondary N) is 1. The highest BCUT2D eigenvalue weighted by molar-refractivity contribution is 5.94. The summed E-state index contributed by atoms with van der Waals surface area (Å²) in [6.45, 7) is 1.12. The standard InChI is InChI=1S/C20H28N2O6/c1-27-15-4-2-3-14(11-15)20(26)22-8-5-13(6-9-22)19(25)21-16-7-10-28-17(12-23)18(16)24/h2-4,11,13,16-18,23-24H,5-10,12H2,1H3,(H,21,25)/t16-,17+,18-/m0/s1. The number of hydrogen-bond acceptors (Lipinski definition) is 6. The number of carbonyl (C=O) groups is 2. The zero-order chi connectivity index (χ0) is 20.1. The third kappa shape index (κ3) is 4.63. The molecule has 0 saturated carbocycles. The van der Waals surface area contributed by atoms with Crippen LogP contribution in [0, 0.1) is 5.92 Å². The Balaban J connectivity index is 1.51. The number of ether oxygens (including phenoxy) is 2. The number of rotatable bonds is 5. The first-order chi connectivity index (χ1) is 13.5. The molecule has 3 rings (SSSR count). The smallest absolute Gasteiger partial charge is 0.253 e. The molecule has 2 heterocycles. The minimum atomic E-state index is -0.919. The predicted octanol–water partition coefficient (Wildman–Crippen LogP) is 0.174. The normalized spacial score (nSPS) is 26.0. The fraction of sp³-hybridized carbons (Fsp3) is 0.600. The Morgan fingerprint density at radius 3 is 2.71 bits per heavy atom. The number of aliphatic hydroxyl groups excluding tert-OH is 2. The van der Waals surface area contributed by atoms with E-state index in [0.29, 0.717) is 50.3 Å². The van der Waals surface area contributed by atoms with Crippen molar-refractivity contribution in [2.75, 3.05) is 33.4 Å². The van der Waals surface area contributed by atoms with E-state index in [4.69, 9.17) is 9.47 Å². The van der Waals surface area contributed by atoms with E-state index in [2.05, 4.69) is 5.32 Å². The van der Waals surface area contributed by atoms with Crippen molar-refractivity contribution >= 4 is 11.8 Å². The fourth-order valence-corrected chi connectivity index (χ4v) is 3.78. The van der Waals surface area contributed by atoms with Crippen molar-refractivity contribution in [2.24, 2.45) is 5.92 Å². The van der Waals surface area contributed by atoms with E-state index in [1.54, 1.807) is 36.3 Å². The lowest BCUT2D eigenvalue weighted by molar-refractivity contribution is -0.135. The molecule has 0 unspecified atom stereocenters. The molecule has 2 fully saturated rings. The van der Waals surface area contributed by atoms with Crippen molar-refractivity contribution in [3.05, 3.63) is 29.8 Å². The maximum atomic E-state index is 12.7. The van der Waals surface area contributed by atoms with Crippen LogP contribution in [0.1, 0.15) is 29.6 Å². The number of amides is 2. The maximum absolute atomic E-state index is 12.7. The molecule has 8 nitrogen and oxygen atoms in total. The summed E-state index contributed by atoms with van der Waals surface area (Å²) in [5, 5.41) is 22.3. The molecule has 2 aliphatic heterocycles. The van der Waals surface area contributed by atoms with Crippen molar-refractivity contribution < 1.29 is 29.3 Å². The van der Waals surface area contributed by atoms with Crippen molar-refractivity contribution in [2.45, 2.75) is 37.5 Å². The Labute approximate surface area is 164 Å². The minimum Gasteiger partial charge on any atom is -0.497 e. The van der Waals surface area contributed by atoms with Gasteiger partial charge in [0.1, 0.15) is 18.0 Å². The van der Waals surface area contributed by atoms with E-state index in [0.717, 1.165) is 0 Å². The number of carbonyl (C=O) groups excluding carboxylic acids is 2. The zero-order valence-corrected chi connectivity index (χ0v) is 16.0. The quantitative estimate of drug-likeness (QED) is 0.660. The number of aliphatic hydroxyl groups is 2. The van der Waals surface area contributed by atoms with E-state index < -0.39 is 18.2 Å². The Morgan fingerprint density at radius 1 is 1.29 bits per heavy atom. The van der Waals surface area contributed by atoms with Crippen molar-refractivity contribution in [1.29, 1.82) is 0 Å². The van der Waals surface area contributed by atoms with Crippen molar-refractivity contribution in [1.82, 2.24) is 10.2 Å². The summed E-state index contributed by atoms with van der Waals surface area (Å²) >= 11 is 0. The van der Waals surface area contributed by atoms with E-state index in [9.17, 15) is 19.8 Å². The highest BCUT2D eigenvalue weighted by atomic mass is 16.5. The van der Waals surface area contributed by atoms with Gasteiger partial charge in [-0.05, 0) is 37.5 Å². The third-order valence-electron chi connectivity index (χ3n) is 5.53. The molecule has 8 heteroatoms. The second-order valence-electron chi connectivity index (χ2n) is 7.28. The summed E-state index contributed by atoms with van der Waals surface area (Å²) in [6.07, 6.45) is 0.0735. The molecule has 2 amide bonds. The average molecular weight is 392 g/mol. The lowest BCUT2D eigenvalue weighted by Crippen LogP contribution is -2.55. The van der Waals surface area contributed by atoms with Gasteiger partial charge in [0.25, 0.3) is 5.91 Å². The number of nitrogens with zero attached hydrogens (tertiary/aromatic N) is 1. The Hall–Kier alpha value is -2.16. The number of likely N-dealkylation sites (tertiary alicyclic amines) is 1. The molecule has 154 valence electrons. The van der Waals surface area contributed by atoms with Gasteiger partial charge in [0.05, 0.1) is 19.8 Å². The topological polar surface area (TPSA) is 108 Å². The molecule has 2 aliphatic rings. The molecular formula is C20H28N2O6. The fourth-order valence-electron chi connectivity index (χ4n) is 3.78. The molecule has 0 bridgehead atoms. The van der Waals surface area contributed by atoms with E-state index in [1.165, 1.54) is 0 Å². The van der Waals surface area contributed by atoms with Gasteiger partial charge in [0.2, 0.25) is 5.91 Å². The summed E-state index contributed by atoms with van der Waals surface area (Å²) < 4.78 is 10.5. The van der Waals surface area contributed by atoms with Gasteiger partial charge in [-0.15, -0.1) is 0 Å². The maximum Gasteiger partial charge on any atom is 0.253 e. The second kappa shape index (κ2) is 9.36. The van der Waals surface area contributed by atoms with Gasteiger partial charge >= 0.3 is 0 Å². The summed E-state index contributed by atoms with van der Waals surface area (Å²) in [4.78, 5) is 27.0. The SMILES string of the molecule is COc1cccc(C(=O)N2CCC(C(=O)N[C@H]3CCO[C@H](CO)[C@H]3O)CC2)c1. The van der Waals surface area contributed by atoms with E-state index >= 15 is 0 Å². The summed E-state index contributed by atoms with van der Waals surface area (Å²) in [5.74, 6) is 0.257. The first-order valence-corrected chi connectivity index (χ1v) is 9.67.